The van der Waals surface area contributed by atoms with Crippen molar-refractivity contribution >= 4 is 11.8 Å². The zero-order chi connectivity index (χ0) is 19.1. The Bertz CT molecular complexity index is 728. The predicted octanol–water partition coefficient (Wildman–Crippen LogP) is 2.08. The highest BCUT2D eigenvalue weighted by molar-refractivity contribution is 5.95. The lowest BCUT2D eigenvalue weighted by Crippen LogP contribution is -2.52. The van der Waals surface area contributed by atoms with E-state index in [2.05, 4.69) is 10.6 Å². The summed E-state index contributed by atoms with van der Waals surface area (Å²) in [6, 6.07) is 12.4. The van der Waals surface area contributed by atoms with E-state index in [1.54, 1.807) is 12.1 Å². The summed E-state index contributed by atoms with van der Waals surface area (Å²) in [6.07, 6.45) is 4.02. The summed E-state index contributed by atoms with van der Waals surface area (Å²) in [5, 5.41) is 6.07. The van der Waals surface area contributed by atoms with E-state index in [1.807, 2.05) is 42.3 Å². The van der Waals surface area contributed by atoms with Crippen LogP contribution in [0.5, 0.6) is 0 Å². The second-order valence-corrected chi connectivity index (χ2v) is 7.04. The van der Waals surface area contributed by atoms with Crippen LogP contribution in [0.2, 0.25) is 0 Å². The van der Waals surface area contributed by atoms with E-state index in [0.717, 1.165) is 38.0 Å². The Morgan fingerprint density at radius 1 is 1.22 bits per heavy atom. The maximum atomic E-state index is 13.2. The molecule has 0 spiro atoms. The Hall–Kier alpha value is -2.60. The van der Waals surface area contributed by atoms with E-state index < -0.39 is 6.04 Å². The molecule has 144 valence electrons. The second kappa shape index (κ2) is 9.37. The van der Waals surface area contributed by atoms with Crippen molar-refractivity contribution in [2.45, 2.75) is 25.3 Å². The Morgan fingerprint density at radius 2 is 2.04 bits per heavy atom. The van der Waals surface area contributed by atoms with Crippen LogP contribution < -0.4 is 10.6 Å². The van der Waals surface area contributed by atoms with Crippen LogP contribution in [0.1, 0.15) is 29.0 Å². The van der Waals surface area contributed by atoms with E-state index in [1.165, 1.54) is 6.26 Å². The predicted molar refractivity (Wildman–Crippen MR) is 103 cm³/mol. The number of hydrogen-bond acceptors (Lipinski definition) is 4. The SMILES string of the molecule is CNCC1CCCN(C(=O)C(Cc2ccccc2)NC(=O)c2ccco2)C1. The number of benzene rings is 1. The molecule has 0 bridgehead atoms. The van der Waals surface area contributed by atoms with E-state index in [-0.39, 0.29) is 17.6 Å². The largest absolute Gasteiger partial charge is 0.459 e. The fourth-order valence-corrected chi connectivity index (χ4v) is 3.63. The van der Waals surface area contributed by atoms with Gasteiger partial charge >= 0.3 is 0 Å². The summed E-state index contributed by atoms with van der Waals surface area (Å²) in [4.78, 5) is 27.6. The molecule has 1 saturated heterocycles. The molecule has 6 nitrogen and oxygen atoms in total. The van der Waals surface area contributed by atoms with E-state index >= 15 is 0 Å². The molecular weight excluding hydrogens is 342 g/mol. The maximum absolute atomic E-state index is 13.2. The molecule has 0 radical (unpaired) electrons. The van der Waals surface area contributed by atoms with Gasteiger partial charge in [-0.15, -0.1) is 0 Å². The van der Waals surface area contributed by atoms with Gasteiger partial charge in [0.05, 0.1) is 6.26 Å². The molecule has 1 aliphatic heterocycles. The third-order valence-electron chi connectivity index (χ3n) is 4.95. The Kier molecular flexibility index (Phi) is 6.65. The fourth-order valence-electron chi connectivity index (χ4n) is 3.63. The number of carbonyl (C=O) groups is 2. The highest BCUT2D eigenvalue weighted by Gasteiger charge is 2.30. The van der Waals surface area contributed by atoms with E-state index in [0.29, 0.717) is 12.3 Å². The smallest absolute Gasteiger partial charge is 0.287 e. The van der Waals surface area contributed by atoms with E-state index in [9.17, 15) is 9.59 Å². The molecule has 2 amide bonds. The molecule has 2 N–H and O–H groups in total. The standard InChI is InChI=1S/C21H27N3O3/c1-22-14-17-9-5-11-24(15-17)21(26)18(13-16-7-3-2-4-8-16)23-20(25)19-10-6-12-27-19/h2-4,6-8,10,12,17-18,22H,5,9,11,13-15H2,1H3,(H,23,25). The van der Waals surface area contributed by atoms with Crippen molar-refractivity contribution in [3.63, 3.8) is 0 Å². The number of carbonyl (C=O) groups excluding carboxylic acids is 2. The lowest BCUT2D eigenvalue weighted by atomic mass is 9.96. The van der Waals surface area contributed by atoms with Crippen LogP contribution in [-0.4, -0.2) is 49.4 Å². The lowest BCUT2D eigenvalue weighted by molar-refractivity contribution is -0.135. The number of nitrogens with zero attached hydrogens (tertiary/aromatic N) is 1. The van der Waals surface area contributed by atoms with Gasteiger partial charge in [-0.05, 0) is 50.0 Å². The summed E-state index contributed by atoms with van der Waals surface area (Å²) < 4.78 is 5.18. The van der Waals surface area contributed by atoms with Crippen molar-refractivity contribution in [3.8, 4) is 0 Å². The molecule has 3 rings (SSSR count). The molecule has 1 aromatic heterocycles. The minimum Gasteiger partial charge on any atom is -0.459 e. The number of hydrogen-bond donors (Lipinski definition) is 2. The molecule has 2 heterocycles. The zero-order valence-corrected chi connectivity index (χ0v) is 15.7. The number of amides is 2. The number of likely N-dealkylation sites (tertiary alicyclic amines) is 1. The molecular formula is C21H27N3O3. The van der Waals surface area contributed by atoms with Crippen molar-refractivity contribution < 1.29 is 14.0 Å². The Morgan fingerprint density at radius 3 is 2.74 bits per heavy atom. The highest BCUT2D eigenvalue weighted by atomic mass is 16.3. The van der Waals surface area contributed by atoms with Crippen LogP contribution in [0.3, 0.4) is 0 Å². The average molecular weight is 369 g/mol. The first-order valence-electron chi connectivity index (χ1n) is 9.49. The van der Waals surface area contributed by atoms with Crippen molar-refractivity contribution in [3.05, 3.63) is 60.1 Å². The van der Waals surface area contributed by atoms with Crippen LogP contribution in [-0.2, 0) is 11.2 Å². The lowest BCUT2D eigenvalue weighted by Gasteiger charge is -2.35. The first kappa shape index (κ1) is 19.2. The molecule has 0 saturated carbocycles. The molecule has 27 heavy (non-hydrogen) atoms. The third kappa shape index (κ3) is 5.20. The first-order valence-corrected chi connectivity index (χ1v) is 9.49. The first-order chi connectivity index (χ1) is 13.2. The van der Waals surface area contributed by atoms with Crippen molar-refractivity contribution in [1.29, 1.82) is 0 Å². The Labute approximate surface area is 159 Å². The van der Waals surface area contributed by atoms with Crippen LogP contribution in [0.15, 0.2) is 53.1 Å². The third-order valence-corrected chi connectivity index (χ3v) is 4.95. The molecule has 1 fully saturated rings. The molecule has 1 aromatic carbocycles. The average Bonchev–Trinajstić information content (AvgIpc) is 3.23. The van der Waals surface area contributed by atoms with Gasteiger partial charge in [0.25, 0.3) is 5.91 Å². The van der Waals surface area contributed by atoms with Gasteiger partial charge in [0.1, 0.15) is 6.04 Å². The van der Waals surface area contributed by atoms with Gasteiger partial charge in [0.15, 0.2) is 5.76 Å². The molecule has 0 aliphatic carbocycles. The Balaban J connectivity index is 1.73. The maximum Gasteiger partial charge on any atom is 0.287 e. The van der Waals surface area contributed by atoms with Gasteiger partial charge in [-0.3, -0.25) is 9.59 Å². The van der Waals surface area contributed by atoms with Gasteiger partial charge < -0.3 is 20.0 Å². The number of piperidine rings is 1. The summed E-state index contributed by atoms with van der Waals surface area (Å²) in [5.74, 6) is 0.274. The molecule has 2 aromatic rings. The van der Waals surface area contributed by atoms with Gasteiger partial charge in [0.2, 0.25) is 5.91 Å². The molecule has 2 unspecified atom stereocenters. The number of furan rings is 1. The fraction of sp³-hybridized carbons (Fsp3) is 0.429. The summed E-state index contributed by atoms with van der Waals surface area (Å²) >= 11 is 0. The van der Waals surface area contributed by atoms with Gasteiger partial charge in [-0.1, -0.05) is 30.3 Å². The van der Waals surface area contributed by atoms with E-state index in [4.69, 9.17) is 4.42 Å². The van der Waals surface area contributed by atoms with Crippen LogP contribution in [0.4, 0.5) is 0 Å². The summed E-state index contributed by atoms with van der Waals surface area (Å²) in [7, 11) is 1.93. The van der Waals surface area contributed by atoms with Gasteiger partial charge in [0, 0.05) is 19.5 Å². The van der Waals surface area contributed by atoms with Crippen molar-refractivity contribution in [2.24, 2.45) is 5.92 Å². The highest BCUT2D eigenvalue weighted by Crippen LogP contribution is 2.18. The van der Waals surface area contributed by atoms with Gasteiger partial charge in [-0.25, -0.2) is 0 Å². The second-order valence-electron chi connectivity index (χ2n) is 7.04. The summed E-state index contributed by atoms with van der Waals surface area (Å²) in [6.45, 7) is 2.36. The summed E-state index contributed by atoms with van der Waals surface area (Å²) in [5.41, 5.74) is 1.01. The van der Waals surface area contributed by atoms with Crippen LogP contribution in [0.25, 0.3) is 0 Å². The zero-order valence-electron chi connectivity index (χ0n) is 15.7. The number of rotatable bonds is 7. The van der Waals surface area contributed by atoms with Crippen LogP contribution in [0, 0.1) is 5.92 Å². The van der Waals surface area contributed by atoms with Gasteiger partial charge in [-0.2, -0.15) is 0 Å². The quantitative estimate of drug-likeness (QED) is 0.784. The topological polar surface area (TPSA) is 74.6 Å². The van der Waals surface area contributed by atoms with Crippen LogP contribution >= 0.6 is 0 Å². The number of nitrogens with one attached hydrogen (secondary N) is 2. The molecule has 1 aliphatic rings. The molecule has 2 atom stereocenters. The van der Waals surface area contributed by atoms with Crippen molar-refractivity contribution in [2.75, 3.05) is 26.7 Å². The van der Waals surface area contributed by atoms with Crippen molar-refractivity contribution in [1.82, 2.24) is 15.5 Å². The molecule has 6 heteroatoms. The minimum absolute atomic E-state index is 0.0282. The normalized spacial score (nSPS) is 18.1. The minimum atomic E-state index is -0.613. The monoisotopic (exact) mass is 369 g/mol.